The van der Waals surface area contributed by atoms with Gasteiger partial charge >= 0.3 is 0 Å². The summed E-state index contributed by atoms with van der Waals surface area (Å²) in [4.78, 5) is 38.8. The van der Waals surface area contributed by atoms with Gasteiger partial charge in [-0.05, 0) is 23.5 Å². The Morgan fingerprint density at radius 1 is 1.38 bits per heavy atom. The number of ketones is 1. The van der Waals surface area contributed by atoms with Crippen molar-refractivity contribution in [3.8, 4) is 0 Å². The van der Waals surface area contributed by atoms with Crippen LogP contribution in [0.1, 0.15) is 48.5 Å². The fraction of sp³-hybridized carbons (Fsp3) is 0.550. The smallest absolute Gasteiger partial charge is 0.249 e. The van der Waals surface area contributed by atoms with Crippen molar-refractivity contribution in [2.75, 3.05) is 13.5 Å². The second-order valence-electron chi connectivity index (χ2n) is 6.95. The van der Waals surface area contributed by atoms with E-state index >= 15 is 0 Å². The summed E-state index contributed by atoms with van der Waals surface area (Å²) in [5.74, 6) is -4.34. The van der Waals surface area contributed by atoms with Crippen molar-refractivity contribution < 1.29 is 23.6 Å². The van der Waals surface area contributed by atoms with Gasteiger partial charge in [0.05, 0.1) is 0 Å². The maximum absolute atomic E-state index is 12.9. The Bertz CT molecular complexity index is 811. The zero-order chi connectivity index (χ0) is 22.1. The molecule has 0 aliphatic carbocycles. The minimum absolute atomic E-state index is 0.0327. The van der Waals surface area contributed by atoms with E-state index < -0.39 is 48.6 Å². The van der Waals surface area contributed by atoms with Gasteiger partial charge in [-0.25, -0.2) is 0 Å². The molecule has 1 aromatic carbocycles. The van der Waals surface area contributed by atoms with Gasteiger partial charge in [0.2, 0.25) is 11.8 Å². The summed E-state index contributed by atoms with van der Waals surface area (Å²) in [5.41, 5.74) is 1.04. The number of carbonyl (C=O) groups is 3. The third-order valence-electron chi connectivity index (χ3n) is 4.51. The van der Waals surface area contributed by atoms with Gasteiger partial charge in [-0.3, -0.25) is 14.4 Å². The molecule has 6 heteroatoms. The van der Waals surface area contributed by atoms with Crippen molar-refractivity contribution in [3.63, 3.8) is 0 Å². The predicted octanol–water partition coefficient (Wildman–Crippen LogP) is 1.47. The number of aliphatic hydroxyl groups is 1. The van der Waals surface area contributed by atoms with Crippen LogP contribution in [0.2, 0.25) is 0 Å². The number of aryl methyl sites for hydroxylation is 1. The van der Waals surface area contributed by atoms with Crippen LogP contribution in [-0.2, 0) is 20.8 Å². The summed E-state index contributed by atoms with van der Waals surface area (Å²) >= 11 is 0. The number of fused-ring (bicyclic) bond motifs is 1. The summed E-state index contributed by atoms with van der Waals surface area (Å²) in [6.07, 6.45) is -1.81. The van der Waals surface area contributed by atoms with Crippen LogP contribution in [0.15, 0.2) is 24.3 Å². The predicted molar refractivity (Wildman–Crippen MR) is 98.3 cm³/mol. The second kappa shape index (κ2) is 8.45. The Morgan fingerprint density at radius 3 is 2.69 bits per heavy atom. The first-order chi connectivity index (χ1) is 13.3. The number of nitrogens with zero attached hydrogens (tertiary/aromatic N) is 1. The molecule has 0 spiro atoms. The molecule has 1 aliphatic heterocycles. The monoisotopic (exact) mass is 363 g/mol. The Hall–Kier alpha value is -2.21. The molecule has 0 fully saturated rings. The van der Waals surface area contributed by atoms with Gasteiger partial charge in [0.15, 0.2) is 5.78 Å². The van der Waals surface area contributed by atoms with E-state index in [4.69, 9.17) is 4.11 Å². The number of benzene rings is 1. The van der Waals surface area contributed by atoms with E-state index in [-0.39, 0.29) is 12.3 Å². The molecule has 1 heterocycles. The number of carbonyl (C=O) groups excluding carboxylic acids is 3. The third-order valence-corrected chi connectivity index (χ3v) is 4.51. The van der Waals surface area contributed by atoms with Crippen LogP contribution in [0.4, 0.5) is 0 Å². The van der Waals surface area contributed by atoms with E-state index in [1.165, 1.54) is 14.0 Å². The highest BCUT2D eigenvalue weighted by Crippen LogP contribution is 2.25. The Morgan fingerprint density at radius 2 is 2.04 bits per heavy atom. The van der Waals surface area contributed by atoms with Gasteiger partial charge < -0.3 is 15.3 Å². The maximum Gasteiger partial charge on any atom is 0.249 e. The highest BCUT2D eigenvalue weighted by atomic mass is 16.3. The first-order valence-electron chi connectivity index (χ1n) is 10.1. The highest BCUT2D eigenvalue weighted by Gasteiger charge is 2.32. The molecule has 0 aromatic heterocycles. The van der Waals surface area contributed by atoms with Gasteiger partial charge in [-0.2, -0.15) is 0 Å². The first-order valence-corrected chi connectivity index (χ1v) is 8.65. The average Bonchev–Trinajstić information content (AvgIpc) is 2.69. The minimum Gasteiger partial charge on any atom is -0.385 e. The fourth-order valence-corrected chi connectivity index (χ4v) is 2.80. The van der Waals surface area contributed by atoms with Crippen molar-refractivity contribution in [1.29, 1.82) is 0 Å². The van der Waals surface area contributed by atoms with Crippen LogP contribution < -0.4 is 5.32 Å². The number of amides is 2. The van der Waals surface area contributed by atoms with Crippen LogP contribution in [-0.4, -0.2) is 47.3 Å². The largest absolute Gasteiger partial charge is 0.385 e. The zero-order valence-electron chi connectivity index (χ0n) is 18.6. The van der Waals surface area contributed by atoms with Gasteiger partial charge in [0, 0.05) is 30.0 Å². The number of nitrogens with one attached hydrogen (secondary N) is 1. The molecule has 6 nitrogen and oxygen atoms in total. The standard InChI is InChI=1S/C20H28N2O4/c1-12(2)18(24)16(23)11-13(3)19(25)21-17-15-8-6-5-7-14(15)9-10-22(4)20(17)26/h5-8,12-13,17-18,24H,9-11H2,1-4H3,(H,21,25)/t13-,17+,18+/m1/s1/i10D2,13D. The first kappa shape index (κ1) is 16.0. The quantitative estimate of drug-likeness (QED) is 0.801. The SMILES string of the molecule is [2H]C1([2H])Cc2ccccc2[C@H](NC(=O)[C@]([2H])(C)CC(=O)[C@@H](O)C(C)C)C(=O)N1C. The summed E-state index contributed by atoms with van der Waals surface area (Å²) in [5, 5.41) is 12.4. The number of aliphatic hydroxyl groups excluding tert-OH is 1. The molecule has 2 N–H and O–H groups in total. The molecule has 0 unspecified atom stereocenters. The lowest BCUT2D eigenvalue weighted by Gasteiger charge is -2.24. The zero-order valence-corrected chi connectivity index (χ0v) is 15.6. The van der Waals surface area contributed by atoms with Gasteiger partial charge in [-0.1, -0.05) is 45.0 Å². The lowest BCUT2D eigenvalue weighted by Crippen LogP contribution is -2.43. The molecule has 26 heavy (non-hydrogen) atoms. The lowest BCUT2D eigenvalue weighted by molar-refractivity contribution is -0.137. The van der Waals surface area contributed by atoms with Crippen LogP contribution in [0.5, 0.6) is 0 Å². The molecule has 1 aliphatic rings. The average molecular weight is 363 g/mol. The van der Waals surface area contributed by atoms with E-state index in [1.807, 2.05) is 0 Å². The minimum atomic E-state index is -1.94. The maximum atomic E-state index is 12.9. The van der Waals surface area contributed by atoms with E-state index in [1.54, 1.807) is 38.1 Å². The summed E-state index contributed by atoms with van der Waals surface area (Å²) in [6, 6.07) is 5.58. The Balaban J connectivity index is 2.30. The van der Waals surface area contributed by atoms with Gasteiger partial charge in [0.1, 0.15) is 12.1 Å². The summed E-state index contributed by atoms with van der Waals surface area (Å²) in [7, 11) is 1.33. The van der Waals surface area contributed by atoms with Crippen LogP contribution in [0.3, 0.4) is 0 Å². The Kier molecular flexibility index (Phi) is 5.20. The van der Waals surface area contributed by atoms with Crippen LogP contribution in [0, 0.1) is 11.8 Å². The number of hydrogen-bond acceptors (Lipinski definition) is 4. The normalized spacial score (nSPS) is 24.4. The second-order valence-corrected chi connectivity index (χ2v) is 6.95. The van der Waals surface area contributed by atoms with E-state index in [0.29, 0.717) is 11.1 Å². The van der Waals surface area contributed by atoms with Crippen molar-refractivity contribution in [2.45, 2.75) is 45.8 Å². The van der Waals surface area contributed by atoms with Crippen LogP contribution in [0.25, 0.3) is 0 Å². The van der Waals surface area contributed by atoms with E-state index in [9.17, 15) is 19.5 Å². The third kappa shape index (κ3) is 4.49. The topological polar surface area (TPSA) is 86.7 Å². The molecule has 3 atom stereocenters. The molecule has 0 bridgehead atoms. The molecule has 2 amide bonds. The van der Waals surface area contributed by atoms with Crippen molar-refractivity contribution in [3.05, 3.63) is 35.4 Å². The molecular formula is C20H28N2O4. The number of likely N-dealkylation sites (N-methyl/N-ethyl adjacent to an activating group) is 1. The molecule has 0 saturated carbocycles. The number of rotatable bonds is 6. The molecule has 142 valence electrons. The fourth-order valence-electron chi connectivity index (χ4n) is 2.80. The van der Waals surface area contributed by atoms with Crippen molar-refractivity contribution in [1.82, 2.24) is 10.2 Å². The van der Waals surface area contributed by atoms with E-state index in [0.717, 1.165) is 4.90 Å². The summed E-state index contributed by atoms with van der Waals surface area (Å²) < 4.78 is 24.6. The summed E-state index contributed by atoms with van der Waals surface area (Å²) in [6.45, 7) is 2.64. The van der Waals surface area contributed by atoms with Crippen molar-refractivity contribution in [2.24, 2.45) is 11.8 Å². The Labute approximate surface area is 158 Å². The molecular weight excluding hydrogens is 332 g/mol. The lowest BCUT2D eigenvalue weighted by atomic mass is 9.94. The van der Waals surface area contributed by atoms with Crippen LogP contribution >= 0.6 is 0 Å². The molecule has 0 radical (unpaired) electrons. The number of Topliss-reactive ketones (excluding diaryl/α,β-unsaturated/α-hetero) is 1. The number of hydrogen-bond donors (Lipinski definition) is 2. The van der Waals surface area contributed by atoms with Gasteiger partial charge in [-0.15, -0.1) is 0 Å². The van der Waals surface area contributed by atoms with Gasteiger partial charge in [0.25, 0.3) is 0 Å². The van der Waals surface area contributed by atoms with Crippen molar-refractivity contribution >= 4 is 17.6 Å². The molecule has 2 rings (SSSR count). The highest BCUT2D eigenvalue weighted by molar-refractivity contribution is 5.92. The molecule has 1 aromatic rings. The van der Waals surface area contributed by atoms with E-state index in [2.05, 4.69) is 5.32 Å². The molecule has 0 saturated heterocycles.